The third kappa shape index (κ3) is 6.28. The van der Waals surface area contributed by atoms with Gasteiger partial charge in [0, 0.05) is 49.6 Å². The largest absolute Gasteiger partial charge is 0.488 e. The Labute approximate surface area is 231 Å². The number of nitro groups is 1. The summed E-state index contributed by atoms with van der Waals surface area (Å²) in [4.78, 5) is 31.6. The Bertz CT molecular complexity index is 1480. The highest BCUT2D eigenvalue weighted by molar-refractivity contribution is 8.18. The molecular weight excluding hydrogens is 545 g/mol. The van der Waals surface area contributed by atoms with Gasteiger partial charge in [0.05, 0.1) is 15.4 Å². The summed E-state index contributed by atoms with van der Waals surface area (Å²) >= 11 is 1.25. The van der Waals surface area contributed by atoms with Gasteiger partial charge in [0.25, 0.3) is 11.6 Å². The van der Waals surface area contributed by atoms with Gasteiger partial charge in [0.2, 0.25) is 0 Å². The number of halogens is 3. The third-order valence-corrected chi connectivity index (χ3v) is 7.49. The van der Waals surface area contributed by atoms with Crippen LogP contribution in [0.1, 0.15) is 16.7 Å². The number of benzene rings is 3. The van der Waals surface area contributed by atoms with Crippen LogP contribution in [0.4, 0.5) is 24.5 Å². The number of anilines is 1. The lowest BCUT2D eigenvalue weighted by molar-refractivity contribution is -0.384. The molecule has 0 atom stereocenters. The molecule has 3 aromatic carbocycles. The number of non-ortho nitro benzene ring substituents is 1. The van der Waals surface area contributed by atoms with E-state index in [1.54, 1.807) is 30.3 Å². The number of amides is 1. The van der Waals surface area contributed by atoms with Crippen LogP contribution in [0.5, 0.6) is 5.75 Å². The van der Waals surface area contributed by atoms with E-state index in [2.05, 4.69) is 4.99 Å². The minimum absolute atomic E-state index is 0.00136. The molecule has 2 aliphatic heterocycles. The minimum atomic E-state index is -4.40. The predicted octanol–water partition coefficient (Wildman–Crippen LogP) is 5.99. The molecule has 206 valence electrons. The highest BCUT2D eigenvalue weighted by atomic mass is 32.2. The van der Waals surface area contributed by atoms with Gasteiger partial charge in [-0.3, -0.25) is 14.9 Å². The third-order valence-electron chi connectivity index (χ3n) is 6.45. The fourth-order valence-electron chi connectivity index (χ4n) is 4.32. The fourth-order valence-corrected chi connectivity index (χ4v) is 5.27. The fraction of sp³-hybridized carbons (Fsp3) is 0.214. The standard InChI is InChI=1S/C28H23F3N4O4S/c29-28(30,31)21-5-3-6-23(17-21)33-12-14-34(15-13-33)27-32-26(36)25(40-27)16-20-4-1-2-7-24(20)39-18-19-8-10-22(11-9-19)35(37)38/h1-11,16-17H,12-15,18H2. The van der Waals surface area contributed by atoms with Crippen LogP contribution in [0, 0.1) is 10.1 Å². The Morgan fingerprint density at radius 3 is 2.38 bits per heavy atom. The molecule has 40 heavy (non-hydrogen) atoms. The molecule has 1 amide bonds. The first kappa shape index (κ1) is 27.3. The maximum absolute atomic E-state index is 13.1. The van der Waals surface area contributed by atoms with Gasteiger partial charge in [-0.1, -0.05) is 24.3 Å². The van der Waals surface area contributed by atoms with Gasteiger partial charge in [-0.2, -0.15) is 18.2 Å². The summed E-state index contributed by atoms with van der Waals surface area (Å²) in [5.41, 5.74) is 1.27. The average Bonchev–Trinajstić information content (AvgIpc) is 3.32. The van der Waals surface area contributed by atoms with Gasteiger partial charge in [0.1, 0.15) is 12.4 Å². The molecule has 0 aromatic heterocycles. The van der Waals surface area contributed by atoms with Crippen molar-refractivity contribution >= 4 is 40.3 Å². The number of aliphatic imine (C=N–C) groups is 1. The molecule has 0 spiro atoms. The summed E-state index contributed by atoms with van der Waals surface area (Å²) in [5.74, 6) is 0.176. The summed E-state index contributed by atoms with van der Waals surface area (Å²) in [6.45, 7) is 2.20. The van der Waals surface area contributed by atoms with Crippen LogP contribution >= 0.6 is 11.8 Å². The number of para-hydroxylation sites is 1. The van der Waals surface area contributed by atoms with Crippen molar-refractivity contribution < 1.29 is 27.6 Å². The number of nitro benzene ring substituents is 1. The van der Waals surface area contributed by atoms with Crippen molar-refractivity contribution in [2.75, 3.05) is 31.1 Å². The molecule has 8 nitrogen and oxygen atoms in total. The number of rotatable bonds is 6. The first-order valence-electron chi connectivity index (χ1n) is 12.3. The molecular formula is C28H23F3N4O4S. The Morgan fingerprint density at radius 2 is 1.68 bits per heavy atom. The first-order valence-corrected chi connectivity index (χ1v) is 13.1. The van der Waals surface area contributed by atoms with Crippen LogP contribution in [-0.2, 0) is 17.6 Å². The van der Waals surface area contributed by atoms with Gasteiger partial charge < -0.3 is 14.5 Å². The van der Waals surface area contributed by atoms with Gasteiger partial charge in [0.15, 0.2) is 5.17 Å². The maximum atomic E-state index is 13.1. The lowest BCUT2D eigenvalue weighted by atomic mass is 10.1. The SMILES string of the molecule is O=C1N=C(N2CCN(c3cccc(C(F)(F)F)c3)CC2)SC1=Cc1ccccc1OCc1ccc([N+](=O)[O-])cc1. The number of hydrogen-bond donors (Lipinski definition) is 0. The number of carbonyl (C=O) groups is 1. The molecule has 12 heteroatoms. The van der Waals surface area contributed by atoms with Crippen LogP contribution < -0.4 is 9.64 Å². The van der Waals surface area contributed by atoms with Crippen molar-refractivity contribution in [1.29, 1.82) is 0 Å². The maximum Gasteiger partial charge on any atom is 0.416 e. The Balaban J connectivity index is 1.21. The zero-order chi connectivity index (χ0) is 28.3. The predicted molar refractivity (Wildman–Crippen MR) is 147 cm³/mol. The van der Waals surface area contributed by atoms with Crippen molar-refractivity contribution in [3.8, 4) is 5.75 Å². The van der Waals surface area contributed by atoms with Crippen LogP contribution in [0.15, 0.2) is 82.7 Å². The summed E-state index contributed by atoms with van der Waals surface area (Å²) in [6.07, 6.45) is -2.68. The highest BCUT2D eigenvalue weighted by Crippen LogP contribution is 2.34. The number of piperazine rings is 1. The molecule has 3 aromatic rings. The van der Waals surface area contributed by atoms with Gasteiger partial charge in [-0.15, -0.1) is 0 Å². The second kappa shape index (κ2) is 11.4. The molecule has 0 N–H and O–H groups in total. The second-order valence-electron chi connectivity index (χ2n) is 9.08. The lowest BCUT2D eigenvalue weighted by Gasteiger charge is -2.36. The van der Waals surface area contributed by atoms with E-state index in [1.165, 1.54) is 30.0 Å². The van der Waals surface area contributed by atoms with Crippen molar-refractivity contribution in [3.63, 3.8) is 0 Å². The summed E-state index contributed by atoms with van der Waals surface area (Å²) in [6, 6.07) is 18.6. The van der Waals surface area contributed by atoms with E-state index in [-0.39, 0.29) is 18.2 Å². The van der Waals surface area contributed by atoms with Gasteiger partial charge in [-0.05, 0) is 59.8 Å². The smallest absolute Gasteiger partial charge is 0.416 e. The van der Waals surface area contributed by atoms with Crippen molar-refractivity contribution in [2.45, 2.75) is 12.8 Å². The molecule has 0 bridgehead atoms. The van der Waals surface area contributed by atoms with Crippen LogP contribution in [0.25, 0.3) is 6.08 Å². The number of thioether (sulfide) groups is 1. The minimum Gasteiger partial charge on any atom is -0.488 e. The lowest BCUT2D eigenvalue weighted by Crippen LogP contribution is -2.47. The van der Waals surface area contributed by atoms with Crippen LogP contribution in [-0.4, -0.2) is 47.1 Å². The second-order valence-corrected chi connectivity index (χ2v) is 10.1. The quantitative estimate of drug-likeness (QED) is 0.205. The van der Waals surface area contributed by atoms with Crippen LogP contribution in [0.3, 0.4) is 0 Å². The van der Waals surface area contributed by atoms with E-state index in [0.717, 1.165) is 17.7 Å². The van der Waals surface area contributed by atoms with Crippen molar-refractivity contribution in [3.05, 3.63) is 105 Å². The Hall–Kier alpha value is -4.32. The van der Waals surface area contributed by atoms with Gasteiger partial charge in [-0.25, -0.2) is 0 Å². The normalized spacial score (nSPS) is 16.8. The van der Waals surface area contributed by atoms with E-state index < -0.39 is 16.7 Å². The molecule has 5 rings (SSSR count). The topological polar surface area (TPSA) is 88.3 Å². The molecule has 0 unspecified atom stereocenters. The van der Waals surface area contributed by atoms with E-state index >= 15 is 0 Å². The van der Waals surface area contributed by atoms with E-state index in [4.69, 9.17) is 4.74 Å². The van der Waals surface area contributed by atoms with E-state index in [1.807, 2.05) is 28.0 Å². The Kier molecular flexibility index (Phi) is 7.78. The number of alkyl halides is 3. The summed E-state index contributed by atoms with van der Waals surface area (Å²) in [7, 11) is 0. The highest BCUT2D eigenvalue weighted by Gasteiger charge is 2.32. The summed E-state index contributed by atoms with van der Waals surface area (Å²) in [5, 5.41) is 11.4. The number of amidine groups is 1. The van der Waals surface area contributed by atoms with E-state index in [0.29, 0.717) is 53.3 Å². The zero-order valence-electron chi connectivity index (χ0n) is 21.0. The zero-order valence-corrected chi connectivity index (χ0v) is 21.8. The molecule has 2 aliphatic rings. The first-order chi connectivity index (χ1) is 19.2. The molecule has 0 saturated carbocycles. The number of ether oxygens (including phenoxy) is 1. The Morgan fingerprint density at radius 1 is 0.975 bits per heavy atom. The summed E-state index contributed by atoms with van der Waals surface area (Å²) < 4.78 is 45.2. The number of hydrogen-bond acceptors (Lipinski definition) is 7. The molecule has 2 heterocycles. The molecule has 0 radical (unpaired) electrons. The van der Waals surface area contributed by atoms with Crippen molar-refractivity contribution in [1.82, 2.24) is 4.90 Å². The number of nitrogens with zero attached hydrogens (tertiary/aromatic N) is 4. The molecule has 0 aliphatic carbocycles. The number of carbonyl (C=O) groups excluding carboxylic acids is 1. The van der Waals surface area contributed by atoms with Crippen molar-refractivity contribution in [2.24, 2.45) is 4.99 Å². The average molecular weight is 569 g/mol. The van der Waals surface area contributed by atoms with Crippen LogP contribution in [0.2, 0.25) is 0 Å². The molecule has 1 fully saturated rings. The van der Waals surface area contributed by atoms with Gasteiger partial charge >= 0.3 is 6.18 Å². The monoisotopic (exact) mass is 568 g/mol. The van der Waals surface area contributed by atoms with E-state index in [9.17, 15) is 28.1 Å². The molecule has 1 saturated heterocycles.